The van der Waals surface area contributed by atoms with Gasteiger partial charge >= 0.3 is 0 Å². The summed E-state index contributed by atoms with van der Waals surface area (Å²) in [4.78, 5) is 11.8. The monoisotopic (exact) mass is 269 g/mol. The van der Waals surface area contributed by atoms with Gasteiger partial charge in [-0.2, -0.15) is 0 Å². The first-order valence-electron chi connectivity index (χ1n) is 5.53. The van der Waals surface area contributed by atoms with Crippen LogP contribution in [0.25, 0.3) is 0 Å². The third kappa shape index (κ3) is 2.69. The second-order valence-electron chi connectivity index (χ2n) is 4.37. The fourth-order valence-electron chi connectivity index (χ4n) is 1.62. The molecule has 1 heterocycles. The zero-order valence-electron chi connectivity index (χ0n) is 9.93. The number of carbonyl (C=O) groups is 1. The predicted octanol–water partition coefficient (Wildman–Crippen LogP) is -0.200. The number of amides is 1. The number of benzene rings is 1. The van der Waals surface area contributed by atoms with E-state index in [4.69, 9.17) is 5.14 Å². The molecule has 1 aromatic rings. The molecule has 0 aliphatic carbocycles. The average Bonchev–Trinajstić information content (AvgIpc) is 2.16. The van der Waals surface area contributed by atoms with Gasteiger partial charge in [0.25, 0.3) is 0 Å². The molecule has 0 aromatic heterocycles. The SMILES string of the molecule is Cc1ccc(S(N)(=O)=O)cc1NC(=O)C1CNC1. The molecule has 7 heteroatoms. The predicted molar refractivity (Wildman–Crippen MR) is 67.5 cm³/mol. The summed E-state index contributed by atoms with van der Waals surface area (Å²) in [5, 5.41) is 10.8. The van der Waals surface area contributed by atoms with Crippen LogP contribution in [0.15, 0.2) is 23.1 Å². The summed E-state index contributed by atoms with van der Waals surface area (Å²) in [7, 11) is -3.75. The first-order valence-corrected chi connectivity index (χ1v) is 7.07. The Labute approximate surface area is 106 Å². The molecule has 0 spiro atoms. The minimum Gasteiger partial charge on any atom is -0.325 e. The molecule has 18 heavy (non-hydrogen) atoms. The minimum absolute atomic E-state index is 0.00451. The summed E-state index contributed by atoms with van der Waals surface area (Å²) in [6.45, 7) is 3.10. The van der Waals surface area contributed by atoms with Crippen molar-refractivity contribution >= 4 is 21.6 Å². The molecule has 1 aliphatic rings. The number of nitrogens with two attached hydrogens (primary N) is 1. The van der Waals surface area contributed by atoms with Crippen LogP contribution in [0.5, 0.6) is 0 Å². The molecule has 4 N–H and O–H groups in total. The fourth-order valence-corrected chi connectivity index (χ4v) is 2.16. The van der Waals surface area contributed by atoms with Crippen LogP contribution in [-0.4, -0.2) is 27.4 Å². The van der Waals surface area contributed by atoms with Crippen LogP contribution in [0.1, 0.15) is 5.56 Å². The van der Waals surface area contributed by atoms with Crippen molar-refractivity contribution in [2.24, 2.45) is 11.1 Å². The van der Waals surface area contributed by atoms with Gasteiger partial charge < -0.3 is 10.6 Å². The maximum atomic E-state index is 11.8. The maximum absolute atomic E-state index is 11.8. The van der Waals surface area contributed by atoms with Crippen LogP contribution in [0, 0.1) is 12.8 Å². The summed E-state index contributed by atoms with van der Waals surface area (Å²) >= 11 is 0. The summed E-state index contributed by atoms with van der Waals surface area (Å²) in [6, 6.07) is 4.42. The Morgan fingerprint density at radius 2 is 2.11 bits per heavy atom. The van der Waals surface area contributed by atoms with Crippen LogP contribution in [0.4, 0.5) is 5.69 Å². The number of hydrogen-bond acceptors (Lipinski definition) is 4. The van der Waals surface area contributed by atoms with Gasteiger partial charge in [-0.3, -0.25) is 4.79 Å². The Morgan fingerprint density at radius 3 is 2.61 bits per heavy atom. The van der Waals surface area contributed by atoms with Gasteiger partial charge in [0.05, 0.1) is 10.8 Å². The third-order valence-electron chi connectivity index (χ3n) is 2.95. The van der Waals surface area contributed by atoms with Crippen LogP contribution in [-0.2, 0) is 14.8 Å². The van der Waals surface area contributed by atoms with Crippen molar-refractivity contribution in [1.29, 1.82) is 0 Å². The van der Waals surface area contributed by atoms with Gasteiger partial charge in [-0.1, -0.05) is 6.07 Å². The zero-order chi connectivity index (χ0) is 13.3. The number of carbonyl (C=O) groups excluding carboxylic acids is 1. The fraction of sp³-hybridized carbons (Fsp3) is 0.364. The van der Waals surface area contributed by atoms with Gasteiger partial charge in [-0.25, -0.2) is 13.6 Å². The average molecular weight is 269 g/mol. The van der Waals surface area contributed by atoms with Gasteiger partial charge in [0.2, 0.25) is 15.9 Å². The lowest BCUT2D eigenvalue weighted by Crippen LogP contribution is -2.48. The smallest absolute Gasteiger partial charge is 0.238 e. The van der Waals surface area contributed by atoms with E-state index in [0.717, 1.165) is 5.56 Å². The highest BCUT2D eigenvalue weighted by Crippen LogP contribution is 2.20. The van der Waals surface area contributed by atoms with Crippen molar-refractivity contribution in [3.63, 3.8) is 0 Å². The topological polar surface area (TPSA) is 101 Å². The number of aryl methyl sites for hydroxylation is 1. The van der Waals surface area contributed by atoms with E-state index in [9.17, 15) is 13.2 Å². The summed E-state index contributed by atoms with van der Waals surface area (Å²) in [5.74, 6) is -0.161. The quantitative estimate of drug-likeness (QED) is 0.707. The molecule has 0 radical (unpaired) electrons. The van der Waals surface area contributed by atoms with Crippen molar-refractivity contribution < 1.29 is 13.2 Å². The first-order chi connectivity index (χ1) is 8.38. The molecule has 1 fully saturated rings. The number of nitrogens with one attached hydrogen (secondary N) is 2. The standard InChI is InChI=1S/C11H15N3O3S/c1-7-2-3-9(18(12,16)17)4-10(7)14-11(15)8-5-13-6-8/h2-4,8,13H,5-6H2,1H3,(H,14,15)(H2,12,16,17). The van der Waals surface area contributed by atoms with Crippen molar-refractivity contribution in [3.05, 3.63) is 23.8 Å². The van der Waals surface area contributed by atoms with E-state index >= 15 is 0 Å². The first kappa shape index (κ1) is 13.0. The zero-order valence-corrected chi connectivity index (χ0v) is 10.8. The molecular formula is C11H15N3O3S. The molecule has 1 aromatic carbocycles. The van der Waals surface area contributed by atoms with Crippen LogP contribution in [0.3, 0.4) is 0 Å². The molecule has 6 nitrogen and oxygen atoms in total. The molecule has 0 saturated carbocycles. The van der Waals surface area contributed by atoms with Gasteiger partial charge in [0.1, 0.15) is 0 Å². The molecule has 1 amide bonds. The van der Waals surface area contributed by atoms with Crippen LogP contribution in [0.2, 0.25) is 0 Å². The minimum atomic E-state index is -3.75. The van der Waals surface area contributed by atoms with Crippen molar-refractivity contribution in [2.75, 3.05) is 18.4 Å². The summed E-state index contributed by atoms with van der Waals surface area (Å²) in [5.41, 5.74) is 1.28. The Morgan fingerprint density at radius 1 is 1.44 bits per heavy atom. The van der Waals surface area contributed by atoms with Crippen LogP contribution >= 0.6 is 0 Å². The lowest BCUT2D eigenvalue weighted by molar-refractivity contribution is -0.121. The molecule has 0 atom stereocenters. The molecule has 1 aliphatic heterocycles. The van der Waals surface area contributed by atoms with E-state index in [1.54, 1.807) is 13.0 Å². The third-order valence-corrected chi connectivity index (χ3v) is 3.86. The Balaban J connectivity index is 2.23. The lowest BCUT2D eigenvalue weighted by Gasteiger charge is -2.26. The van der Waals surface area contributed by atoms with E-state index in [1.807, 2.05) is 0 Å². The lowest BCUT2D eigenvalue weighted by atomic mass is 10.0. The second kappa shape index (κ2) is 4.68. The Hall–Kier alpha value is -1.44. The number of hydrogen-bond donors (Lipinski definition) is 3. The largest absolute Gasteiger partial charge is 0.325 e. The molecule has 2 rings (SSSR count). The number of sulfonamides is 1. The van der Waals surface area contributed by atoms with E-state index in [2.05, 4.69) is 10.6 Å². The van der Waals surface area contributed by atoms with E-state index < -0.39 is 10.0 Å². The van der Waals surface area contributed by atoms with Crippen molar-refractivity contribution in [2.45, 2.75) is 11.8 Å². The molecule has 0 unspecified atom stereocenters. The summed E-state index contributed by atoms with van der Waals surface area (Å²) < 4.78 is 22.5. The van der Waals surface area contributed by atoms with E-state index in [1.165, 1.54) is 12.1 Å². The van der Waals surface area contributed by atoms with Gasteiger partial charge in [-0.05, 0) is 24.6 Å². The van der Waals surface area contributed by atoms with Crippen molar-refractivity contribution in [3.8, 4) is 0 Å². The molecule has 1 saturated heterocycles. The van der Waals surface area contributed by atoms with Gasteiger partial charge in [-0.15, -0.1) is 0 Å². The highest BCUT2D eigenvalue weighted by atomic mass is 32.2. The molecule has 98 valence electrons. The summed E-state index contributed by atoms with van der Waals surface area (Å²) in [6.07, 6.45) is 0. The van der Waals surface area contributed by atoms with Crippen molar-refractivity contribution in [1.82, 2.24) is 5.32 Å². The number of anilines is 1. The normalized spacial score (nSPS) is 16.1. The van der Waals surface area contributed by atoms with Crippen LogP contribution < -0.4 is 15.8 Å². The van der Waals surface area contributed by atoms with Gasteiger partial charge in [0.15, 0.2) is 0 Å². The highest BCUT2D eigenvalue weighted by Gasteiger charge is 2.25. The molecule has 0 bridgehead atoms. The molecular weight excluding hydrogens is 254 g/mol. The highest BCUT2D eigenvalue weighted by molar-refractivity contribution is 7.89. The Bertz CT molecular complexity index is 579. The maximum Gasteiger partial charge on any atom is 0.238 e. The van der Waals surface area contributed by atoms with E-state index in [0.29, 0.717) is 18.8 Å². The number of primary sulfonamides is 1. The second-order valence-corrected chi connectivity index (χ2v) is 5.93. The van der Waals surface area contributed by atoms with E-state index in [-0.39, 0.29) is 16.7 Å². The Kier molecular flexibility index (Phi) is 3.38. The number of rotatable bonds is 3. The van der Waals surface area contributed by atoms with Gasteiger partial charge in [0, 0.05) is 18.8 Å².